The number of carbonyl (C=O) groups excluding carboxylic acids is 1. The van der Waals surface area contributed by atoms with Crippen molar-refractivity contribution in [3.63, 3.8) is 0 Å². The topological polar surface area (TPSA) is 90.7 Å². The van der Waals surface area contributed by atoms with E-state index >= 15 is 0 Å². The average Bonchev–Trinajstić information content (AvgIpc) is 2.59. The van der Waals surface area contributed by atoms with Crippen LogP contribution < -0.4 is 14.8 Å². The third kappa shape index (κ3) is 4.13. The molecule has 1 N–H and O–H groups in total. The number of nitrogens with one attached hydrogen (secondary N) is 1. The molecule has 0 fully saturated rings. The number of nitrogens with zero attached hydrogens (tertiary/aromatic N) is 1. The first kappa shape index (κ1) is 18.0. The van der Waals surface area contributed by atoms with Crippen LogP contribution in [0.1, 0.15) is 15.9 Å². The molecule has 0 saturated heterocycles. The van der Waals surface area contributed by atoms with Gasteiger partial charge >= 0.3 is 0 Å². The molecule has 0 unspecified atom stereocenters. The van der Waals surface area contributed by atoms with Crippen molar-refractivity contribution < 1.29 is 19.2 Å². The Bertz CT molecular complexity index is 762. The molecule has 0 aliphatic carbocycles. The van der Waals surface area contributed by atoms with Crippen LogP contribution in [-0.2, 0) is 6.54 Å². The van der Waals surface area contributed by atoms with E-state index in [9.17, 15) is 14.9 Å². The Kier molecular flexibility index (Phi) is 5.96. The van der Waals surface area contributed by atoms with E-state index in [0.717, 1.165) is 9.13 Å². The van der Waals surface area contributed by atoms with Crippen LogP contribution in [0.15, 0.2) is 36.4 Å². The van der Waals surface area contributed by atoms with Gasteiger partial charge in [-0.05, 0) is 40.3 Å². The number of halogens is 1. The van der Waals surface area contributed by atoms with E-state index in [4.69, 9.17) is 9.47 Å². The minimum Gasteiger partial charge on any atom is -0.493 e. The summed E-state index contributed by atoms with van der Waals surface area (Å²) in [6.45, 7) is 0.265. The van der Waals surface area contributed by atoms with E-state index in [2.05, 4.69) is 27.9 Å². The SMILES string of the molecule is COc1cc(I)c(C(=O)NCc2ccc([N+](=O)[O-])cc2)cc1OC. The van der Waals surface area contributed by atoms with Crippen LogP contribution >= 0.6 is 22.6 Å². The molecule has 2 aromatic rings. The fourth-order valence-corrected chi connectivity index (χ4v) is 2.72. The molecular formula is C16H15IN2O5. The fraction of sp³-hybridized carbons (Fsp3) is 0.188. The maximum Gasteiger partial charge on any atom is 0.269 e. The highest BCUT2D eigenvalue weighted by Gasteiger charge is 2.15. The van der Waals surface area contributed by atoms with Crippen LogP contribution in [0.4, 0.5) is 5.69 Å². The summed E-state index contributed by atoms with van der Waals surface area (Å²) in [6.07, 6.45) is 0. The average molecular weight is 442 g/mol. The van der Waals surface area contributed by atoms with Gasteiger partial charge in [-0.1, -0.05) is 12.1 Å². The maximum absolute atomic E-state index is 12.4. The lowest BCUT2D eigenvalue weighted by atomic mass is 10.1. The second-order valence-corrected chi connectivity index (χ2v) is 5.96. The Labute approximate surface area is 152 Å². The number of nitro groups is 1. The van der Waals surface area contributed by atoms with E-state index in [0.29, 0.717) is 17.1 Å². The highest BCUT2D eigenvalue weighted by molar-refractivity contribution is 14.1. The number of rotatable bonds is 6. The molecule has 0 atom stereocenters. The summed E-state index contributed by atoms with van der Waals surface area (Å²) >= 11 is 2.05. The zero-order chi connectivity index (χ0) is 17.7. The van der Waals surface area contributed by atoms with Crippen molar-refractivity contribution in [2.75, 3.05) is 14.2 Å². The van der Waals surface area contributed by atoms with Crippen molar-refractivity contribution in [1.29, 1.82) is 0 Å². The monoisotopic (exact) mass is 442 g/mol. The van der Waals surface area contributed by atoms with Gasteiger partial charge in [0.15, 0.2) is 11.5 Å². The van der Waals surface area contributed by atoms with Crippen molar-refractivity contribution >= 4 is 34.2 Å². The van der Waals surface area contributed by atoms with Gasteiger partial charge in [-0.2, -0.15) is 0 Å². The number of nitro benzene ring substituents is 1. The summed E-state index contributed by atoms with van der Waals surface area (Å²) in [4.78, 5) is 22.5. The summed E-state index contributed by atoms with van der Waals surface area (Å²) in [5.41, 5.74) is 1.25. The van der Waals surface area contributed by atoms with Crippen LogP contribution in [0, 0.1) is 13.7 Å². The molecule has 0 radical (unpaired) electrons. The highest BCUT2D eigenvalue weighted by atomic mass is 127. The van der Waals surface area contributed by atoms with E-state index in [1.165, 1.54) is 26.4 Å². The number of hydrogen-bond acceptors (Lipinski definition) is 5. The zero-order valence-electron chi connectivity index (χ0n) is 13.0. The summed E-state index contributed by atoms with van der Waals surface area (Å²) in [5, 5.41) is 13.4. The Morgan fingerprint density at radius 1 is 1.17 bits per heavy atom. The first-order valence-electron chi connectivity index (χ1n) is 6.89. The Hall–Kier alpha value is -2.36. The van der Waals surface area contributed by atoms with E-state index in [1.807, 2.05) is 0 Å². The third-order valence-corrected chi connectivity index (χ3v) is 4.21. The number of carbonyl (C=O) groups is 1. The van der Waals surface area contributed by atoms with Gasteiger partial charge in [0.1, 0.15) is 0 Å². The summed E-state index contributed by atoms with van der Waals surface area (Å²) in [6, 6.07) is 9.37. The van der Waals surface area contributed by atoms with Crippen LogP contribution in [0.3, 0.4) is 0 Å². The second-order valence-electron chi connectivity index (χ2n) is 4.79. The molecule has 0 aliphatic rings. The van der Waals surface area contributed by atoms with Gasteiger partial charge < -0.3 is 14.8 Å². The van der Waals surface area contributed by atoms with Crippen molar-refractivity contribution in [3.8, 4) is 11.5 Å². The molecule has 0 spiro atoms. The lowest BCUT2D eigenvalue weighted by Crippen LogP contribution is -2.23. The maximum atomic E-state index is 12.4. The molecule has 7 nitrogen and oxygen atoms in total. The lowest BCUT2D eigenvalue weighted by Gasteiger charge is -2.12. The van der Waals surface area contributed by atoms with Crippen LogP contribution in [0.25, 0.3) is 0 Å². The molecule has 1 amide bonds. The first-order chi connectivity index (χ1) is 11.5. The predicted octanol–water partition coefficient (Wildman–Crippen LogP) is 3.15. The van der Waals surface area contributed by atoms with Crippen molar-refractivity contribution in [3.05, 3.63) is 61.2 Å². The molecule has 2 aromatic carbocycles. The number of methoxy groups -OCH3 is 2. The van der Waals surface area contributed by atoms with Crippen LogP contribution in [0.5, 0.6) is 11.5 Å². The second kappa shape index (κ2) is 7.95. The molecule has 0 heterocycles. The van der Waals surface area contributed by atoms with E-state index < -0.39 is 4.92 Å². The standard InChI is InChI=1S/C16H15IN2O5/c1-23-14-7-12(13(17)8-15(14)24-2)16(20)18-9-10-3-5-11(6-4-10)19(21)22/h3-8H,9H2,1-2H3,(H,18,20). The highest BCUT2D eigenvalue weighted by Crippen LogP contribution is 2.31. The molecule has 0 bridgehead atoms. The smallest absolute Gasteiger partial charge is 0.269 e. The van der Waals surface area contributed by atoms with Crippen LogP contribution in [0.2, 0.25) is 0 Å². The quantitative estimate of drug-likeness (QED) is 0.422. The van der Waals surface area contributed by atoms with Gasteiger partial charge in [0.05, 0.1) is 24.7 Å². The van der Waals surface area contributed by atoms with Gasteiger partial charge in [-0.3, -0.25) is 14.9 Å². The summed E-state index contributed by atoms with van der Waals surface area (Å²) in [5.74, 6) is 0.755. The number of amides is 1. The minimum absolute atomic E-state index is 0.0134. The summed E-state index contributed by atoms with van der Waals surface area (Å²) in [7, 11) is 3.03. The molecule has 24 heavy (non-hydrogen) atoms. The summed E-state index contributed by atoms with van der Waals surface area (Å²) < 4.78 is 11.1. The molecule has 0 saturated carbocycles. The number of ether oxygens (including phenoxy) is 2. The van der Waals surface area contributed by atoms with Gasteiger partial charge in [-0.25, -0.2) is 0 Å². The fourth-order valence-electron chi connectivity index (χ4n) is 2.04. The third-order valence-electron chi connectivity index (χ3n) is 3.32. The van der Waals surface area contributed by atoms with Gasteiger partial charge in [0.25, 0.3) is 11.6 Å². The van der Waals surface area contributed by atoms with Crippen molar-refractivity contribution in [2.45, 2.75) is 6.54 Å². The molecule has 0 aliphatic heterocycles. The number of non-ortho nitro benzene ring substituents is 1. The van der Waals surface area contributed by atoms with Crippen LogP contribution in [-0.4, -0.2) is 25.1 Å². The lowest BCUT2D eigenvalue weighted by molar-refractivity contribution is -0.384. The molecule has 8 heteroatoms. The minimum atomic E-state index is -0.464. The van der Waals surface area contributed by atoms with Crippen molar-refractivity contribution in [1.82, 2.24) is 5.32 Å². The molecule has 2 rings (SSSR count). The largest absolute Gasteiger partial charge is 0.493 e. The first-order valence-corrected chi connectivity index (χ1v) is 7.97. The normalized spacial score (nSPS) is 10.1. The van der Waals surface area contributed by atoms with Crippen molar-refractivity contribution in [2.24, 2.45) is 0 Å². The number of hydrogen-bond donors (Lipinski definition) is 1. The molecule has 0 aromatic heterocycles. The predicted molar refractivity (Wildman–Crippen MR) is 96.5 cm³/mol. The zero-order valence-corrected chi connectivity index (χ0v) is 15.2. The Morgan fingerprint density at radius 2 is 1.75 bits per heavy atom. The van der Waals surface area contributed by atoms with Gasteiger partial charge in [0, 0.05) is 22.2 Å². The molecule has 126 valence electrons. The Morgan fingerprint density at radius 3 is 2.29 bits per heavy atom. The Balaban J connectivity index is 2.11. The van der Waals surface area contributed by atoms with E-state index in [1.54, 1.807) is 24.3 Å². The molecular weight excluding hydrogens is 427 g/mol. The number of benzene rings is 2. The van der Waals surface area contributed by atoms with Gasteiger partial charge in [-0.15, -0.1) is 0 Å². The van der Waals surface area contributed by atoms with E-state index in [-0.39, 0.29) is 18.1 Å². The van der Waals surface area contributed by atoms with Gasteiger partial charge in [0.2, 0.25) is 0 Å².